The molecule has 0 aromatic heterocycles. The molecule has 1 fully saturated rings. The number of hydrogen-bond donors (Lipinski definition) is 1. The average Bonchev–Trinajstić information content (AvgIpc) is 2.69. The molecule has 1 aromatic rings. The van der Waals surface area contributed by atoms with Gasteiger partial charge in [-0.05, 0) is 43.2 Å². The Hall–Kier alpha value is -3.23. The van der Waals surface area contributed by atoms with Gasteiger partial charge in [-0.1, -0.05) is 32.0 Å². The van der Waals surface area contributed by atoms with E-state index >= 15 is 0 Å². The SMILES string of the molecule is CC1(C)CC(=C(C#N)C#N)C(C#N)=C(N2CCC(Nc3ccccc3)CC2)C1. The predicted molar refractivity (Wildman–Crippen MR) is 109 cm³/mol. The standard InChI is InChI=1S/C23H25N5/c1-23(2)12-20(17(14-24)15-25)21(16-26)22(13-23)28-10-8-19(9-11-28)27-18-6-4-3-5-7-18/h3-7,19,27H,8-13H2,1-2H3. The molecule has 1 aliphatic carbocycles. The molecule has 0 unspecified atom stereocenters. The van der Waals surface area contributed by atoms with Gasteiger partial charge in [0.25, 0.3) is 0 Å². The number of likely N-dealkylation sites (tertiary alicyclic amines) is 1. The van der Waals surface area contributed by atoms with Crippen molar-refractivity contribution in [1.29, 1.82) is 15.8 Å². The van der Waals surface area contributed by atoms with Crippen LogP contribution < -0.4 is 5.32 Å². The third kappa shape index (κ3) is 4.19. The van der Waals surface area contributed by atoms with E-state index in [4.69, 9.17) is 0 Å². The van der Waals surface area contributed by atoms with Gasteiger partial charge in [-0.2, -0.15) is 15.8 Å². The number of benzene rings is 1. The number of hydrogen-bond acceptors (Lipinski definition) is 5. The lowest BCUT2D eigenvalue weighted by atomic mass is 9.72. The Labute approximate surface area is 167 Å². The van der Waals surface area contributed by atoms with Crippen LogP contribution in [0.15, 0.2) is 52.7 Å². The van der Waals surface area contributed by atoms with Crippen LogP contribution in [0, 0.1) is 39.4 Å². The fourth-order valence-corrected chi connectivity index (χ4v) is 4.18. The Morgan fingerprint density at radius 2 is 1.68 bits per heavy atom. The molecule has 0 amide bonds. The monoisotopic (exact) mass is 371 g/mol. The van der Waals surface area contributed by atoms with Crippen molar-refractivity contribution in [2.45, 2.75) is 45.6 Å². The van der Waals surface area contributed by atoms with Gasteiger partial charge >= 0.3 is 0 Å². The van der Waals surface area contributed by atoms with Crippen LogP contribution >= 0.6 is 0 Å². The Balaban J connectivity index is 1.82. The van der Waals surface area contributed by atoms with Crippen LogP contribution in [0.25, 0.3) is 0 Å². The molecule has 0 spiro atoms. The molecule has 1 N–H and O–H groups in total. The first kappa shape index (κ1) is 19.5. The number of rotatable bonds is 3. The summed E-state index contributed by atoms with van der Waals surface area (Å²) >= 11 is 0. The van der Waals surface area contributed by atoms with E-state index in [9.17, 15) is 15.8 Å². The lowest BCUT2D eigenvalue weighted by Crippen LogP contribution is -2.41. The number of piperidine rings is 1. The first-order valence-electron chi connectivity index (χ1n) is 9.71. The molecule has 1 heterocycles. The van der Waals surface area contributed by atoms with Crippen molar-refractivity contribution in [2.24, 2.45) is 5.41 Å². The van der Waals surface area contributed by atoms with E-state index in [1.165, 1.54) is 0 Å². The summed E-state index contributed by atoms with van der Waals surface area (Å²) in [5.41, 5.74) is 3.27. The maximum Gasteiger partial charge on any atom is 0.134 e. The van der Waals surface area contributed by atoms with Gasteiger partial charge in [-0.25, -0.2) is 0 Å². The number of nitrogens with one attached hydrogen (secondary N) is 1. The normalized spacial score (nSPS) is 19.4. The highest BCUT2D eigenvalue weighted by Crippen LogP contribution is 2.44. The van der Waals surface area contributed by atoms with Gasteiger partial charge in [0.2, 0.25) is 0 Å². The molecule has 1 aromatic carbocycles. The second-order valence-corrected chi connectivity index (χ2v) is 8.30. The lowest BCUT2D eigenvalue weighted by molar-refractivity contribution is 0.224. The average molecular weight is 371 g/mol. The van der Waals surface area contributed by atoms with Crippen LogP contribution in [0.3, 0.4) is 0 Å². The molecule has 0 saturated carbocycles. The van der Waals surface area contributed by atoms with E-state index in [1.807, 2.05) is 30.3 Å². The van der Waals surface area contributed by atoms with E-state index in [0.717, 1.165) is 43.7 Å². The zero-order valence-corrected chi connectivity index (χ0v) is 16.5. The van der Waals surface area contributed by atoms with E-state index < -0.39 is 0 Å². The van der Waals surface area contributed by atoms with Crippen LogP contribution in [0.5, 0.6) is 0 Å². The fraction of sp³-hybridized carbons (Fsp3) is 0.435. The van der Waals surface area contributed by atoms with Crippen LogP contribution in [-0.4, -0.2) is 24.0 Å². The summed E-state index contributed by atoms with van der Waals surface area (Å²) in [5, 5.41) is 32.1. The minimum Gasteiger partial charge on any atom is -0.382 e. The zero-order valence-electron chi connectivity index (χ0n) is 16.5. The first-order valence-corrected chi connectivity index (χ1v) is 9.71. The molecule has 5 heteroatoms. The van der Waals surface area contributed by atoms with Crippen LogP contribution in [0.1, 0.15) is 39.5 Å². The number of nitrogens with zero attached hydrogens (tertiary/aromatic N) is 4. The lowest BCUT2D eigenvalue weighted by Gasteiger charge is -2.42. The highest BCUT2D eigenvalue weighted by molar-refractivity contribution is 5.57. The Morgan fingerprint density at radius 1 is 1.04 bits per heavy atom. The van der Waals surface area contributed by atoms with E-state index in [0.29, 0.717) is 23.6 Å². The van der Waals surface area contributed by atoms with Gasteiger partial charge in [0, 0.05) is 36.1 Å². The summed E-state index contributed by atoms with van der Waals surface area (Å²) in [4.78, 5) is 2.29. The quantitative estimate of drug-likeness (QED) is 0.790. The van der Waals surface area contributed by atoms with Gasteiger partial charge in [0.15, 0.2) is 0 Å². The van der Waals surface area contributed by atoms with Gasteiger partial charge < -0.3 is 10.2 Å². The van der Waals surface area contributed by atoms with Gasteiger partial charge in [0.1, 0.15) is 23.8 Å². The summed E-state index contributed by atoms with van der Waals surface area (Å²) in [6, 6.07) is 16.9. The molecule has 1 saturated heterocycles. The predicted octanol–water partition coefficient (Wildman–Crippen LogP) is 4.50. The van der Waals surface area contributed by atoms with E-state index in [-0.39, 0.29) is 11.0 Å². The summed E-state index contributed by atoms with van der Waals surface area (Å²) < 4.78 is 0. The smallest absolute Gasteiger partial charge is 0.134 e. The van der Waals surface area contributed by atoms with Crippen molar-refractivity contribution < 1.29 is 0 Å². The van der Waals surface area contributed by atoms with Crippen LogP contribution in [0.2, 0.25) is 0 Å². The maximum atomic E-state index is 9.82. The third-order valence-corrected chi connectivity index (χ3v) is 5.55. The Kier molecular flexibility index (Phi) is 5.72. The van der Waals surface area contributed by atoms with Crippen LogP contribution in [-0.2, 0) is 0 Å². The van der Waals surface area contributed by atoms with E-state index in [1.54, 1.807) is 0 Å². The molecule has 5 nitrogen and oxygen atoms in total. The second-order valence-electron chi connectivity index (χ2n) is 8.30. The largest absolute Gasteiger partial charge is 0.382 e. The molecular weight excluding hydrogens is 346 g/mol. The number of para-hydroxylation sites is 1. The maximum absolute atomic E-state index is 9.82. The van der Waals surface area contributed by atoms with Crippen molar-refractivity contribution in [3.8, 4) is 18.2 Å². The summed E-state index contributed by atoms with van der Waals surface area (Å²) in [7, 11) is 0. The molecule has 0 bridgehead atoms. The van der Waals surface area contributed by atoms with Crippen molar-refractivity contribution in [3.63, 3.8) is 0 Å². The summed E-state index contributed by atoms with van der Waals surface area (Å²) in [6.07, 6.45) is 3.35. The van der Waals surface area contributed by atoms with Gasteiger partial charge in [0.05, 0.1) is 5.57 Å². The summed E-state index contributed by atoms with van der Waals surface area (Å²) in [5.74, 6) is 0. The van der Waals surface area contributed by atoms with Crippen LogP contribution in [0.4, 0.5) is 5.69 Å². The van der Waals surface area contributed by atoms with Gasteiger partial charge in [-0.3, -0.25) is 0 Å². The summed E-state index contributed by atoms with van der Waals surface area (Å²) in [6.45, 7) is 6.00. The second kappa shape index (κ2) is 8.20. The van der Waals surface area contributed by atoms with E-state index in [2.05, 4.69) is 42.3 Å². The highest BCUT2D eigenvalue weighted by Gasteiger charge is 2.35. The Bertz CT molecular complexity index is 894. The molecular formula is C23H25N5. The highest BCUT2D eigenvalue weighted by atomic mass is 15.2. The van der Waals surface area contributed by atoms with Crippen molar-refractivity contribution in [1.82, 2.24) is 4.90 Å². The third-order valence-electron chi connectivity index (χ3n) is 5.55. The molecule has 0 radical (unpaired) electrons. The minimum absolute atomic E-state index is 0.0717. The Morgan fingerprint density at radius 3 is 2.25 bits per heavy atom. The van der Waals surface area contributed by atoms with Crippen molar-refractivity contribution in [2.75, 3.05) is 18.4 Å². The molecule has 2 aliphatic rings. The molecule has 3 rings (SSSR count). The molecule has 1 aliphatic heterocycles. The zero-order chi connectivity index (χ0) is 20.1. The number of nitriles is 3. The van der Waals surface area contributed by atoms with Gasteiger partial charge in [-0.15, -0.1) is 0 Å². The fourth-order valence-electron chi connectivity index (χ4n) is 4.18. The van der Waals surface area contributed by atoms with Crippen molar-refractivity contribution in [3.05, 3.63) is 52.7 Å². The molecule has 28 heavy (non-hydrogen) atoms. The molecule has 0 atom stereocenters. The number of anilines is 1. The number of allylic oxidation sites excluding steroid dienone is 4. The topological polar surface area (TPSA) is 86.6 Å². The molecule has 142 valence electrons. The van der Waals surface area contributed by atoms with Crippen molar-refractivity contribution >= 4 is 5.69 Å². The first-order chi connectivity index (χ1) is 13.5. The minimum atomic E-state index is -0.0803.